The van der Waals surface area contributed by atoms with E-state index in [0.717, 1.165) is 47.0 Å². The van der Waals surface area contributed by atoms with Gasteiger partial charge in [0.2, 0.25) is 16.6 Å². The summed E-state index contributed by atoms with van der Waals surface area (Å²) in [6.07, 6.45) is 1.55. The van der Waals surface area contributed by atoms with Crippen molar-refractivity contribution in [1.29, 1.82) is 0 Å². The highest BCUT2D eigenvalue weighted by molar-refractivity contribution is 6.70. The maximum atomic E-state index is 6.81. The van der Waals surface area contributed by atoms with Crippen molar-refractivity contribution >= 4 is 16.6 Å². The van der Waals surface area contributed by atoms with E-state index in [-0.39, 0.29) is 10.8 Å². The zero-order valence-electron chi connectivity index (χ0n) is 23.9. The first-order valence-electron chi connectivity index (χ1n) is 12.9. The minimum absolute atomic E-state index is 0.123. The van der Waals surface area contributed by atoms with Gasteiger partial charge in [-0.05, 0) is 88.5 Å². The second-order valence-electron chi connectivity index (χ2n) is 13.9. The molecule has 2 aromatic carbocycles. The third-order valence-electron chi connectivity index (χ3n) is 6.86. The maximum absolute atomic E-state index is 6.81. The molecule has 2 aliphatic rings. The lowest BCUT2D eigenvalue weighted by atomic mass is 9.69. The molecule has 0 aliphatic carbocycles. The molecule has 0 saturated heterocycles. The first-order valence-corrected chi connectivity index (χ1v) is 19.7. The number of hydrogen-bond acceptors (Lipinski definition) is 4. The quantitative estimate of drug-likeness (QED) is 0.386. The third-order valence-corrected chi connectivity index (χ3v) is 8.52. The molecule has 4 rings (SSSR count). The molecule has 0 saturated carbocycles. The monoisotopic (exact) mass is 512 g/mol. The zero-order valence-corrected chi connectivity index (χ0v) is 25.9. The minimum Gasteiger partial charge on any atom is -0.544 e. The van der Waals surface area contributed by atoms with Gasteiger partial charge in [0.25, 0.3) is 5.79 Å². The number of rotatable bonds is 4. The molecule has 2 aliphatic heterocycles. The van der Waals surface area contributed by atoms with E-state index in [1.165, 1.54) is 11.1 Å². The fourth-order valence-corrected chi connectivity index (χ4v) is 7.35. The van der Waals surface area contributed by atoms with Gasteiger partial charge < -0.3 is 18.3 Å². The van der Waals surface area contributed by atoms with Crippen LogP contribution in [0.3, 0.4) is 0 Å². The van der Waals surface area contributed by atoms with E-state index >= 15 is 0 Å². The van der Waals surface area contributed by atoms with Crippen LogP contribution in [0.1, 0.15) is 62.8 Å². The lowest BCUT2D eigenvalue weighted by Gasteiger charge is -2.51. The van der Waals surface area contributed by atoms with Crippen molar-refractivity contribution < 1.29 is 18.3 Å². The summed E-state index contributed by atoms with van der Waals surface area (Å²) in [6, 6.07) is 8.72. The van der Waals surface area contributed by atoms with Crippen LogP contribution < -0.4 is 18.3 Å². The molecule has 2 aromatic rings. The Labute approximate surface area is 214 Å². The Balaban J connectivity index is 1.75. The van der Waals surface area contributed by atoms with Gasteiger partial charge in [-0.2, -0.15) is 0 Å². The number of fused-ring (bicyclic) bond motifs is 2. The predicted molar refractivity (Wildman–Crippen MR) is 150 cm³/mol. The van der Waals surface area contributed by atoms with Crippen LogP contribution in [0.25, 0.3) is 0 Å². The Morgan fingerprint density at radius 3 is 1.29 bits per heavy atom. The lowest BCUT2D eigenvalue weighted by Crippen LogP contribution is -2.55. The van der Waals surface area contributed by atoms with E-state index in [1.54, 1.807) is 0 Å². The summed E-state index contributed by atoms with van der Waals surface area (Å²) in [5.41, 5.74) is 4.37. The van der Waals surface area contributed by atoms with Gasteiger partial charge in [0, 0.05) is 34.8 Å². The van der Waals surface area contributed by atoms with Gasteiger partial charge in [-0.1, -0.05) is 27.7 Å². The van der Waals surface area contributed by atoms with Gasteiger partial charge >= 0.3 is 0 Å². The number of ether oxygens (including phenoxy) is 2. The fourth-order valence-electron chi connectivity index (χ4n) is 5.60. The Morgan fingerprint density at radius 1 is 0.629 bits per heavy atom. The molecular formula is C29H44O4Si2. The molecule has 0 N–H and O–H groups in total. The van der Waals surface area contributed by atoms with Crippen LogP contribution in [0, 0.1) is 13.8 Å². The van der Waals surface area contributed by atoms with E-state index in [4.69, 9.17) is 18.3 Å². The first-order chi connectivity index (χ1) is 15.8. The molecule has 1 spiro atoms. The number of aryl methyl sites for hydroxylation is 2. The van der Waals surface area contributed by atoms with Gasteiger partial charge in [0.1, 0.15) is 23.0 Å². The summed E-state index contributed by atoms with van der Waals surface area (Å²) < 4.78 is 26.4. The van der Waals surface area contributed by atoms with Crippen LogP contribution in [-0.2, 0) is 10.8 Å². The molecule has 0 radical (unpaired) electrons. The lowest BCUT2D eigenvalue weighted by molar-refractivity contribution is -0.166. The van der Waals surface area contributed by atoms with Crippen molar-refractivity contribution in [2.75, 3.05) is 0 Å². The molecule has 0 fully saturated rings. The van der Waals surface area contributed by atoms with Gasteiger partial charge in [-0.15, -0.1) is 0 Å². The van der Waals surface area contributed by atoms with Crippen molar-refractivity contribution in [3.8, 4) is 23.0 Å². The summed E-state index contributed by atoms with van der Waals surface area (Å²) in [5, 5.41) is 0. The van der Waals surface area contributed by atoms with E-state index < -0.39 is 22.4 Å². The third kappa shape index (κ3) is 5.29. The van der Waals surface area contributed by atoms with Crippen LogP contribution in [0.2, 0.25) is 39.3 Å². The predicted octanol–water partition coefficient (Wildman–Crippen LogP) is 8.25. The van der Waals surface area contributed by atoms with Gasteiger partial charge in [-0.3, -0.25) is 0 Å². The van der Waals surface area contributed by atoms with Crippen LogP contribution in [-0.4, -0.2) is 22.4 Å². The topological polar surface area (TPSA) is 36.9 Å². The fraction of sp³-hybridized carbons (Fsp3) is 0.586. The summed E-state index contributed by atoms with van der Waals surface area (Å²) >= 11 is 0. The summed E-state index contributed by atoms with van der Waals surface area (Å²) in [4.78, 5) is 0. The van der Waals surface area contributed by atoms with Crippen LogP contribution in [0.5, 0.6) is 23.0 Å². The van der Waals surface area contributed by atoms with E-state index in [9.17, 15) is 0 Å². The average Bonchev–Trinajstić information content (AvgIpc) is 2.61. The largest absolute Gasteiger partial charge is 0.544 e. The summed E-state index contributed by atoms with van der Waals surface area (Å²) in [5.74, 6) is 3.08. The van der Waals surface area contributed by atoms with Crippen LogP contribution in [0.15, 0.2) is 24.3 Å². The molecule has 4 nitrogen and oxygen atoms in total. The Kier molecular flexibility index (Phi) is 6.00. The number of hydrogen-bond donors (Lipinski definition) is 0. The summed E-state index contributed by atoms with van der Waals surface area (Å²) in [6.45, 7) is 26.7. The number of benzene rings is 2. The molecular weight excluding hydrogens is 468 g/mol. The van der Waals surface area contributed by atoms with Crippen molar-refractivity contribution in [3.05, 3.63) is 46.5 Å². The zero-order chi connectivity index (χ0) is 26.2. The second-order valence-corrected chi connectivity index (χ2v) is 22.8. The molecule has 6 heteroatoms. The molecule has 2 heterocycles. The van der Waals surface area contributed by atoms with Crippen molar-refractivity contribution in [2.24, 2.45) is 0 Å². The maximum Gasteiger partial charge on any atom is 0.252 e. The average molecular weight is 513 g/mol. The minimum atomic E-state index is -1.72. The van der Waals surface area contributed by atoms with Gasteiger partial charge in [0.15, 0.2) is 0 Å². The standard InChI is InChI=1S/C29H44O4Si2/c1-19-13-25-21(15-23(19)32-34(7,8)9)27(3,4)17-29(30-25)18-28(5,6)22-16-24(33-35(10,11)12)20(2)14-26(22)31-29/h13-16H,17-18H2,1-12H3. The van der Waals surface area contributed by atoms with Gasteiger partial charge in [-0.25, -0.2) is 0 Å². The highest BCUT2D eigenvalue weighted by Gasteiger charge is 2.53. The SMILES string of the molecule is Cc1cc2c(cc1O[Si](C)(C)C)C(C)(C)CC1(CC(C)(C)c3cc(O[Si](C)(C)C)c(C)cc3O1)O2. The van der Waals surface area contributed by atoms with Crippen molar-refractivity contribution in [1.82, 2.24) is 0 Å². The van der Waals surface area contributed by atoms with Crippen molar-refractivity contribution in [2.45, 2.75) is 110 Å². The Hall–Kier alpha value is -1.93. The van der Waals surface area contributed by atoms with E-state index in [2.05, 4.69) is 105 Å². The Bertz CT molecular complexity index is 1060. The smallest absolute Gasteiger partial charge is 0.252 e. The molecule has 35 heavy (non-hydrogen) atoms. The normalized spacial score (nSPS) is 19.8. The molecule has 0 aromatic heterocycles. The molecule has 0 amide bonds. The van der Waals surface area contributed by atoms with E-state index in [1.807, 2.05) is 0 Å². The summed E-state index contributed by atoms with van der Waals surface area (Å²) in [7, 11) is -3.43. The van der Waals surface area contributed by atoms with Gasteiger partial charge in [0.05, 0.1) is 0 Å². The first kappa shape index (κ1) is 26.1. The highest BCUT2D eigenvalue weighted by atomic mass is 28.4. The Morgan fingerprint density at radius 2 is 0.971 bits per heavy atom. The molecule has 0 atom stereocenters. The van der Waals surface area contributed by atoms with Crippen LogP contribution in [0.4, 0.5) is 0 Å². The second kappa shape index (κ2) is 8.04. The van der Waals surface area contributed by atoms with E-state index in [0.29, 0.717) is 0 Å². The highest BCUT2D eigenvalue weighted by Crippen LogP contribution is 2.55. The van der Waals surface area contributed by atoms with Crippen LogP contribution >= 0.6 is 0 Å². The van der Waals surface area contributed by atoms with Crippen molar-refractivity contribution in [3.63, 3.8) is 0 Å². The molecule has 0 unspecified atom stereocenters. The molecule has 192 valence electrons. The molecule has 0 bridgehead atoms.